The minimum Gasteiger partial charge on any atom is -0.350 e. The summed E-state index contributed by atoms with van der Waals surface area (Å²) in [7, 11) is 0. The maximum Gasteiger partial charge on any atom is 0.237 e. The van der Waals surface area contributed by atoms with E-state index in [4.69, 9.17) is 0 Å². The third-order valence-corrected chi connectivity index (χ3v) is 3.32. The molecule has 1 amide bonds. The molecule has 0 aliphatic carbocycles. The first kappa shape index (κ1) is 17.7. The summed E-state index contributed by atoms with van der Waals surface area (Å²) in [5.41, 5.74) is 2.50. The quantitative estimate of drug-likeness (QED) is 0.892. The maximum absolute atomic E-state index is 12.0. The summed E-state index contributed by atoms with van der Waals surface area (Å²) in [6.07, 6.45) is 0. The second-order valence-corrected chi connectivity index (χ2v) is 7.79. The summed E-state index contributed by atoms with van der Waals surface area (Å²) < 4.78 is 0. The van der Waals surface area contributed by atoms with Crippen LogP contribution >= 0.6 is 0 Å². The summed E-state index contributed by atoms with van der Waals surface area (Å²) in [4.78, 5) is 12.0. The van der Waals surface area contributed by atoms with E-state index in [9.17, 15) is 4.79 Å². The van der Waals surface area contributed by atoms with Crippen molar-refractivity contribution in [1.29, 1.82) is 0 Å². The maximum atomic E-state index is 12.0. The Hall–Kier alpha value is -1.35. The zero-order valence-electron chi connectivity index (χ0n) is 14.5. The first-order valence-electron chi connectivity index (χ1n) is 7.64. The van der Waals surface area contributed by atoms with E-state index in [0.29, 0.717) is 6.54 Å². The third kappa shape index (κ3) is 6.30. The Labute approximate surface area is 129 Å². The molecule has 1 aromatic rings. The van der Waals surface area contributed by atoms with E-state index >= 15 is 0 Å². The van der Waals surface area contributed by atoms with Crippen LogP contribution in [0.25, 0.3) is 0 Å². The molecule has 0 fully saturated rings. The van der Waals surface area contributed by atoms with Crippen molar-refractivity contribution in [2.45, 2.75) is 72.0 Å². The van der Waals surface area contributed by atoms with E-state index < -0.39 is 0 Å². The Morgan fingerprint density at radius 2 is 1.57 bits per heavy atom. The molecule has 0 saturated carbocycles. The predicted octanol–water partition coefficient (Wildman–Crippen LogP) is 3.38. The molecule has 2 N–H and O–H groups in total. The summed E-state index contributed by atoms with van der Waals surface area (Å²) in [5.74, 6) is 0.0359. The Morgan fingerprint density at radius 1 is 1.05 bits per heavy atom. The monoisotopic (exact) mass is 290 g/mol. The largest absolute Gasteiger partial charge is 0.350 e. The molecule has 0 aliphatic heterocycles. The zero-order valence-corrected chi connectivity index (χ0v) is 14.5. The molecule has 0 bridgehead atoms. The molecule has 0 aromatic heterocycles. The second kappa shape index (κ2) is 6.61. The highest BCUT2D eigenvalue weighted by Gasteiger charge is 2.18. The Bertz CT molecular complexity index is 463. The van der Waals surface area contributed by atoms with Crippen LogP contribution < -0.4 is 10.6 Å². The van der Waals surface area contributed by atoms with Crippen LogP contribution in [0.4, 0.5) is 0 Å². The molecule has 118 valence electrons. The van der Waals surface area contributed by atoms with Crippen LogP contribution in [0.5, 0.6) is 0 Å². The number of benzene rings is 1. The fourth-order valence-corrected chi connectivity index (χ4v) is 1.96. The molecule has 1 rings (SSSR count). The van der Waals surface area contributed by atoms with Gasteiger partial charge in [0.1, 0.15) is 0 Å². The van der Waals surface area contributed by atoms with Crippen LogP contribution in [0.1, 0.15) is 59.6 Å². The Morgan fingerprint density at radius 3 is 2.00 bits per heavy atom. The van der Waals surface area contributed by atoms with Gasteiger partial charge in [0, 0.05) is 12.1 Å². The van der Waals surface area contributed by atoms with Crippen molar-refractivity contribution in [2.24, 2.45) is 0 Å². The summed E-state index contributed by atoms with van der Waals surface area (Å²) in [6.45, 7) is 15.2. The van der Waals surface area contributed by atoms with Gasteiger partial charge in [-0.2, -0.15) is 0 Å². The van der Waals surface area contributed by atoms with E-state index in [-0.39, 0.29) is 22.9 Å². The summed E-state index contributed by atoms with van der Waals surface area (Å²) in [5, 5.41) is 6.25. The molecule has 0 aliphatic rings. The number of nitrogens with one attached hydrogen (secondary N) is 2. The van der Waals surface area contributed by atoms with Crippen LogP contribution in [0, 0.1) is 0 Å². The van der Waals surface area contributed by atoms with Crippen molar-refractivity contribution >= 4 is 5.91 Å². The Kier molecular flexibility index (Phi) is 5.57. The number of carbonyl (C=O) groups is 1. The average Bonchev–Trinajstić information content (AvgIpc) is 2.33. The van der Waals surface area contributed by atoms with Gasteiger partial charge in [0.25, 0.3) is 0 Å². The molecule has 1 aromatic carbocycles. The van der Waals surface area contributed by atoms with Gasteiger partial charge in [-0.3, -0.25) is 4.79 Å². The highest BCUT2D eigenvalue weighted by Crippen LogP contribution is 2.22. The van der Waals surface area contributed by atoms with Crippen molar-refractivity contribution in [3.8, 4) is 0 Å². The van der Waals surface area contributed by atoms with Gasteiger partial charge in [0.05, 0.1) is 6.04 Å². The predicted molar refractivity (Wildman–Crippen MR) is 89.3 cm³/mol. The lowest BCUT2D eigenvalue weighted by molar-refractivity contribution is -0.124. The first-order chi connectivity index (χ1) is 9.49. The molecule has 0 radical (unpaired) electrons. The minimum absolute atomic E-state index is 0.0359. The third-order valence-electron chi connectivity index (χ3n) is 3.32. The molecule has 0 heterocycles. The summed E-state index contributed by atoms with van der Waals surface area (Å²) in [6, 6.07) is 8.38. The van der Waals surface area contributed by atoms with Gasteiger partial charge in [0.15, 0.2) is 0 Å². The van der Waals surface area contributed by atoms with E-state index in [0.717, 1.165) is 0 Å². The standard InChI is InChI=1S/C18H30N2O/c1-13(16(21)20-18(5,6)7)19-12-14-8-10-15(11-9-14)17(2,3)4/h8-11,13,19H,12H2,1-7H3,(H,20,21). The molecular weight excluding hydrogens is 260 g/mol. The normalized spacial score (nSPS) is 13.9. The van der Waals surface area contributed by atoms with Crippen LogP contribution in [-0.4, -0.2) is 17.5 Å². The topological polar surface area (TPSA) is 41.1 Å². The van der Waals surface area contributed by atoms with Gasteiger partial charge in [-0.1, -0.05) is 45.0 Å². The lowest BCUT2D eigenvalue weighted by Crippen LogP contribution is -2.49. The molecule has 1 unspecified atom stereocenters. The number of amides is 1. The first-order valence-corrected chi connectivity index (χ1v) is 7.64. The zero-order chi connectivity index (χ0) is 16.3. The smallest absolute Gasteiger partial charge is 0.237 e. The van der Waals surface area contributed by atoms with Crippen molar-refractivity contribution in [3.05, 3.63) is 35.4 Å². The van der Waals surface area contributed by atoms with Gasteiger partial charge < -0.3 is 10.6 Å². The van der Waals surface area contributed by atoms with Crippen LogP contribution in [0.2, 0.25) is 0 Å². The highest BCUT2D eigenvalue weighted by atomic mass is 16.2. The number of hydrogen-bond acceptors (Lipinski definition) is 2. The summed E-state index contributed by atoms with van der Waals surface area (Å²) >= 11 is 0. The lowest BCUT2D eigenvalue weighted by atomic mass is 9.87. The van der Waals surface area contributed by atoms with Crippen molar-refractivity contribution in [2.75, 3.05) is 0 Å². The van der Waals surface area contributed by atoms with Crippen molar-refractivity contribution < 1.29 is 4.79 Å². The van der Waals surface area contributed by atoms with E-state index in [1.54, 1.807) is 0 Å². The van der Waals surface area contributed by atoms with Gasteiger partial charge >= 0.3 is 0 Å². The number of hydrogen-bond donors (Lipinski definition) is 2. The molecule has 3 nitrogen and oxygen atoms in total. The van der Waals surface area contributed by atoms with E-state index in [1.165, 1.54) is 11.1 Å². The fraction of sp³-hybridized carbons (Fsp3) is 0.611. The SMILES string of the molecule is CC(NCc1ccc(C(C)(C)C)cc1)C(=O)NC(C)(C)C. The van der Waals surface area contributed by atoms with E-state index in [1.807, 2.05) is 27.7 Å². The Balaban J connectivity index is 2.54. The van der Waals surface area contributed by atoms with E-state index in [2.05, 4.69) is 55.7 Å². The highest BCUT2D eigenvalue weighted by molar-refractivity contribution is 5.81. The van der Waals surface area contributed by atoms with Crippen molar-refractivity contribution in [1.82, 2.24) is 10.6 Å². The molecule has 0 spiro atoms. The van der Waals surface area contributed by atoms with Crippen LogP contribution in [0.3, 0.4) is 0 Å². The molecule has 3 heteroatoms. The van der Waals surface area contributed by atoms with Crippen LogP contribution in [0.15, 0.2) is 24.3 Å². The van der Waals surface area contributed by atoms with Gasteiger partial charge in [-0.05, 0) is 44.2 Å². The molecular formula is C18H30N2O. The van der Waals surface area contributed by atoms with Crippen molar-refractivity contribution in [3.63, 3.8) is 0 Å². The fourth-order valence-electron chi connectivity index (χ4n) is 1.96. The lowest BCUT2D eigenvalue weighted by Gasteiger charge is -2.24. The van der Waals surface area contributed by atoms with Gasteiger partial charge in [-0.25, -0.2) is 0 Å². The average molecular weight is 290 g/mol. The van der Waals surface area contributed by atoms with Gasteiger partial charge in [0.2, 0.25) is 5.91 Å². The minimum atomic E-state index is -0.202. The van der Waals surface area contributed by atoms with Crippen LogP contribution in [-0.2, 0) is 16.8 Å². The molecule has 1 atom stereocenters. The number of rotatable bonds is 4. The second-order valence-electron chi connectivity index (χ2n) is 7.79. The van der Waals surface area contributed by atoms with Gasteiger partial charge in [-0.15, -0.1) is 0 Å². The molecule has 0 saturated heterocycles. The molecule has 21 heavy (non-hydrogen) atoms. The number of carbonyl (C=O) groups excluding carboxylic acids is 1.